The summed E-state index contributed by atoms with van der Waals surface area (Å²) in [5.74, 6) is -0.321. The molecule has 0 atom stereocenters. The predicted octanol–water partition coefficient (Wildman–Crippen LogP) is 2.56. The minimum Gasteiger partial charge on any atom is -0.355 e. The van der Waals surface area contributed by atoms with Gasteiger partial charge in [0.05, 0.1) is 4.90 Å². The number of nitrogens with zero attached hydrogens (tertiary/aromatic N) is 1. The van der Waals surface area contributed by atoms with Crippen molar-refractivity contribution in [3.8, 4) is 0 Å². The number of hydrogen-bond donors (Lipinski definition) is 4. The first-order valence-corrected chi connectivity index (χ1v) is 10.7. The van der Waals surface area contributed by atoms with Gasteiger partial charge in [-0.25, -0.2) is 13.2 Å². The van der Waals surface area contributed by atoms with E-state index in [-0.39, 0.29) is 16.5 Å². The second kappa shape index (κ2) is 9.72. The molecule has 0 radical (unpaired) electrons. The van der Waals surface area contributed by atoms with Gasteiger partial charge in [-0.05, 0) is 54.1 Å². The van der Waals surface area contributed by atoms with Crippen molar-refractivity contribution in [2.75, 3.05) is 17.1 Å². The average molecular weight is 439 g/mol. The Morgan fingerprint density at radius 3 is 2.42 bits per heavy atom. The number of carbonyl (C=O) groups is 2. The molecule has 10 heteroatoms. The number of benzene rings is 2. The second-order valence-electron chi connectivity index (χ2n) is 6.46. The summed E-state index contributed by atoms with van der Waals surface area (Å²) in [6.07, 6.45) is 3.30. The zero-order valence-electron chi connectivity index (χ0n) is 16.6. The van der Waals surface area contributed by atoms with Crippen LogP contribution in [0.3, 0.4) is 0 Å². The number of aromatic nitrogens is 1. The highest BCUT2D eigenvalue weighted by Gasteiger charge is 2.15. The molecule has 0 unspecified atom stereocenters. The fourth-order valence-corrected chi connectivity index (χ4v) is 3.71. The Kier molecular flexibility index (Phi) is 6.83. The standard InChI is InChI=1S/C21H21N5O4S/c1-22-20(27)16-5-2-6-18(12-16)26-31(29,30)19-9-7-17(8-10-19)25-21(28)24-14-15-4-3-11-23-13-15/h2-13,26H,14H2,1H3,(H,22,27)(H2,24,25,28). The van der Waals surface area contributed by atoms with E-state index in [1.54, 1.807) is 36.7 Å². The normalized spacial score (nSPS) is 10.7. The maximum absolute atomic E-state index is 12.6. The molecule has 1 heterocycles. The zero-order valence-corrected chi connectivity index (χ0v) is 17.4. The molecule has 3 rings (SSSR count). The third-order valence-corrected chi connectivity index (χ3v) is 5.60. The largest absolute Gasteiger partial charge is 0.355 e. The van der Waals surface area contributed by atoms with E-state index in [1.807, 2.05) is 6.07 Å². The Balaban J connectivity index is 1.62. The highest BCUT2D eigenvalue weighted by atomic mass is 32.2. The molecule has 9 nitrogen and oxygen atoms in total. The number of amides is 3. The maximum Gasteiger partial charge on any atom is 0.319 e. The Labute approximate surface area is 180 Å². The van der Waals surface area contributed by atoms with E-state index in [2.05, 4.69) is 25.7 Å². The van der Waals surface area contributed by atoms with Gasteiger partial charge in [-0.1, -0.05) is 12.1 Å². The summed E-state index contributed by atoms with van der Waals surface area (Å²) >= 11 is 0. The lowest BCUT2D eigenvalue weighted by Gasteiger charge is -2.11. The van der Waals surface area contributed by atoms with Crippen molar-refractivity contribution >= 4 is 33.3 Å². The number of pyridine rings is 1. The lowest BCUT2D eigenvalue weighted by Crippen LogP contribution is -2.28. The molecule has 0 saturated carbocycles. The topological polar surface area (TPSA) is 129 Å². The number of nitrogens with one attached hydrogen (secondary N) is 4. The molecule has 0 aliphatic heterocycles. The van der Waals surface area contributed by atoms with Crippen LogP contribution in [0.25, 0.3) is 0 Å². The van der Waals surface area contributed by atoms with Gasteiger partial charge in [0, 0.05) is 42.9 Å². The fraction of sp³-hybridized carbons (Fsp3) is 0.0952. The van der Waals surface area contributed by atoms with Crippen LogP contribution in [0.15, 0.2) is 78.0 Å². The van der Waals surface area contributed by atoms with Crippen molar-refractivity contribution in [1.82, 2.24) is 15.6 Å². The summed E-state index contributed by atoms with van der Waals surface area (Å²) in [7, 11) is -2.38. The molecule has 0 aliphatic rings. The summed E-state index contributed by atoms with van der Waals surface area (Å²) in [6, 6.07) is 15.1. The summed E-state index contributed by atoms with van der Waals surface area (Å²) in [5, 5.41) is 7.81. The van der Waals surface area contributed by atoms with Crippen LogP contribution in [0.4, 0.5) is 16.2 Å². The third-order valence-electron chi connectivity index (χ3n) is 4.20. The van der Waals surface area contributed by atoms with Gasteiger partial charge >= 0.3 is 6.03 Å². The molecular formula is C21H21N5O4S. The Morgan fingerprint density at radius 2 is 1.74 bits per heavy atom. The molecule has 3 aromatic rings. The summed E-state index contributed by atoms with van der Waals surface area (Å²) in [6.45, 7) is 0.311. The molecule has 4 N–H and O–H groups in total. The van der Waals surface area contributed by atoms with Crippen molar-refractivity contribution in [2.45, 2.75) is 11.4 Å². The second-order valence-corrected chi connectivity index (χ2v) is 8.14. The minimum absolute atomic E-state index is 0.0131. The van der Waals surface area contributed by atoms with E-state index >= 15 is 0 Å². The molecule has 0 saturated heterocycles. The number of anilines is 2. The van der Waals surface area contributed by atoms with Crippen LogP contribution in [0.1, 0.15) is 15.9 Å². The smallest absolute Gasteiger partial charge is 0.319 e. The Bertz CT molecular complexity index is 1170. The van der Waals surface area contributed by atoms with E-state index in [0.717, 1.165) is 5.56 Å². The molecule has 160 valence electrons. The first kappa shape index (κ1) is 21.8. The average Bonchev–Trinajstić information content (AvgIpc) is 2.78. The molecule has 0 fully saturated rings. The highest BCUT2D eigenvalue weighted by molar-refractivity contribution is 7.92. The molecule has 0 bridgehead atoms. The van der Waals surface area contributed by atoms with Crippen molar-refractivity contribution < 1.29 is 18.0 Å². The quantitative estimate of drug-likeness (QED) is 0.450. The van der Waals surface area contributed by atoms with Crippen molar-refractivity contribution in [1.29, 1.82) is 0 Å². The minimum atomic E-state index is -3.87. The van der Waals surface area contributed by atoms with Gasteiger partial charge in [0.2, 0.25) is 0 Å². The number of urea groups is 1. The van der Waals surface area contributed by atoms with Gasteiger partial charge in [0.1, 0.15) is 0 Å². The van der Waals surface area contributed by atoms with Crippen molar-refractivity contribution in [3.63, 3.8) is 0 Å². The summed E-state index contributed by atoms with van der Waals surface area (Å²) in [4.78, 5) is 27.7. The SMILES string of the molecule is CNC(=O)c1cccc(NS(=O)(=O)c2ccc(NC(=O)NCc3cccnc3)cc2)c1. The molecule has 2 aromatic carbocycles. The van der Waals surface area contributed by atoms with Crippen LogP contribution >= 0.6 is 0 Å². The van der Waals surface area contributed by atoms with Crippen LogP contribution in [0.5, 0.6) is 0 Å². The lowest BCUT2D eigenvalue weighted by molar-refractivity contribution is 0.0963. The van der Waals surface area contributed by atoms with E-state index in [4.69, 9.17) is 0 Å². The molecule has 0 aliphatic carbocycles. The van der Waals surface area contributed by atoms with Crippen LogP contribution in [0.2, 0.25) is 0 Å². The van der Waals surface area contributed by atoms with Crippen LogP contribution in [-0.2, 0) is 16.6 Å². The van der Waals surface area contributed by atoms with E-state index < -0.39 is 16.1 Å². The Hall–Kier alpha value is -3.92. The van der Waals surface area contributed by atoms with Gasteiger partial charge in [-0.3, -0.25) is 14.5 Å². The summed E-state index contributed by atoms with van der Waals surface area (Å²) in [5.41, 5.74) is 1.88. The first-order valence-electron chi connectivity index (χ1n) is 9.26. The Morgan fingerprint density at radius 1 is 0.968 bits per heavy atom. The maximum atomic E-state index is 12.6. The van der Waals surface area contributed by atoms with Gasteiger partial charge in [0.15, 0.2) is 0 Å². The molecule has 0 spiro atoms. The van der Waals surface area contributed by atoms with Gasteiger partial charge < -0.3 is 16.0 Å². The number of sulfonamides is 1. The highest BCUT2D eigenvalue weighted by Crippen LogP contribution is 2.19. The van der Waals surface area contributed by atoms with E-state index in [1.165, 1.54) is 37.4 Å². The monoisotopic (exact) mass is 439 g/mol. The first-order chi connectivity index (χ1) is 14.9. The number of rotatable bonds is 7. The van der Waals surface area contributed by atoms with E-state index in [0.29, 0.717) is 17.8 Å². The van der Waals surface area contributed by atoms with Crippen molar-refractivity contribution in [2.24, 2.45) is 0 Å². The van der Waals surface area contributed by atoms with Gasteiger partial charge in [-0.2, -0.15) is 0 Å². The van der Waals surface area contributed by atoms with Crippen LogP contribution < -0.4 is 20.7 Å². The number of hydrogen-bond acceptors (Lipinski definition) is 5. The number of carbonyl (C=O) groups excluding carboxylic acids is 2. The lowest BCUT2D eigenvalue weighted by atomic mass is 10.2. The van der Waals surface area contributed by atoms with Gasteiger partial charge in [0.25, 0.3) is 15.9 Å². The molecule has 31 heavy (non-hydrogen) atoms. The van der Waals surface area contributed by atoms with E-state index in [9.17, 15) is 18.0 Å². The fourth-order valence-electron chi connectivity index (χ4n) is 2.66. The summed E-state index contributed by atoms with van der Waals surface area (Å²) < 4.78 is 27.7. The predicted molar refractivity (Wildman–Crippen MR) is 117 cm³/mol. The molecular weight excluding hydrogens is 418 g/mol. The van der Waals surface area contributed by atoms with Crippen LogP contribution in [-0.4, -0.2) is 32.4 Å². The zero-order chi connectivity index (χ0) is 22.3. The third kappa shape index (κ3) is 6.03. The van der Waals surface area contributed by atoms with Gasteiger partial charge in [-0.15, -0.1) is 0 Å². The van der Waals surface area contributed by atoms with Crippen molar-refractivity contribution in [3.05, 3.63) is 84.2 Å². The van der Waals surface area contributed by atoms with Crippen LogP contribution in [0, 0.1) is 0 Å². The molecule has 3 amide bonds. The molecule has 1 aromatic heterocycles.